The lowest BCUT2D eigenvalue weighted by molar-refractivity contribution is -0.129. The third-order valence-corrected chi connectivity index (χ3v) is 4.48. The normalized spacial score (nSPS) is 13.5. The predicted molar refractivity (Wildman–Crippen MR) is 100 cm³/mol. The van der Waals surface area contributed by atoms with Crippen molar-refractivity contribution in [2.24, 2.45) is 11.7 Å². The Morgan fingerprint density at radius 1 is 1.24 bits per heavy atom. The molecule has 2 amide bonds. The van der Waals surface area contributed by atoms with Gasteiger partial charge in [0.25, 0.3) is 0 Å². The zero-order valence-electron chi connectivity index (χ0n) is 15.0. The van der Waals surface area contributed by atoms with E-state index in [4.69, 9.17) is 5.73 Å². The number of aromatic amines is 1. The van der Waals surface area contributed by atoms with Crippen LogP contribution in [0.15, 0.2) is 30.5 Å². The molecule has 0 saturated carbocycles. The molecule has 25 heavy (non-hydrogen) atoms. The van der Waals surface area contributed by atoms with Crippen LogP contribution in [0.1, 0.15) is 31.7 Å². The molecule has 2 atom stereocenters. The fourth-order valence-electron chi connectivity index (χ4n) is 2.97. The average Bonchev–Trinajstić information content (AvgIpc) is 3.00. The van der Waals surface area contributed by atoms with E-state index in [1.54, 1.807) is 0 Å². The van der Waals surface area contributed by atoms with Gasteiger partial charge < -0.3 is 21.4 Å². The van der Waals surface area contributed by atoms with E-state index in [1.807, 2.05) is 44.4 Å². The number of primary amides is 1. The summed E-state index contributed by atoms with van der Waals surface area (Å²) in [6, 6.07) is 7.41. The van der Waals surface area contributed by atoms with Crippen LogP contribution in [0.5, 0.6) is 0 Å². The number of aromatic nitrogens is 1. The van der Waals surface area contributed by atoms with Gasteiger partial charge in [0.1, 0.15) is 6.04 Å². The highest BCUT2D eigenvalue weighted by Gasteiger charge is 2.22. The maximum absolute atomic E-state index is 12.5. The number of hydrogen-bond donors (Lipinski definition) is 4. The topological polar surface area (TPSA) is 100 Å². The molecule has 1 heterocycles. The molecule has 0 saturated heterocycles. The van der Waals surface area contributed by atoms with Crippen LogP contribution in [0.3, 0.4) is 0 Å². The number of benzene rings is 1. The Morgan fingerprint density at radius 3 is 2.72 bits per heavy atom. The molecular weight excluding hydrogens is 316 g/mol. The first-order chi connectivity index (χ1) is 12.0. The van der Waals surface area contributed by atoms with Crippen LogP contribution >= 0.6 is 0 Å². The monoisotopic (exact) mass is 344 g/mol. The van der Waals surface area contributed by atoms with Crippen molar-refractivity contribution in [3.63, 3.8) is 0 Å². The van der Waals surface area contributed by atoms with Crippen molar-refractivity contribution < 1.29 is 9.59 Å². The molecule has 1 aromatic heterocycles. The molecule has 2 rings (SSSR count). The van der Waals surface area contributed by atoms with Gasteiger partial charge in [-0.15, -0.1) is 0 Å². The molecule has 0 aliphatic rings. The molecule has 2 aromatic rings. The van der Waals surface area contributed by atoms with E-state index in [1.165, 1.54) is 0 Å². The summed E-state index contributed by atoms with van der Waals surface area (Å²) in [4.78, 5) is 27.3. The highest BCUT2D eigenvalue weighted by Crippen LogP contribution is 2.20. The zero-order chi connectivity index (χ0) is 18.2. The van der Waals surface area contributed by atoms with Gasteiger partial charge in [0.15, 0.2) is 0 Å². The van der Waals surface area contributed by atoms with Gasteiger partial charge >= 0.3 is 0 Å². The van der Waals surface area contributed by atoms with Gasteiger partial charge in [-0.05, 0) is 50.9 Å². The summed E-state index contributed by atoms with van der Waals surface area (Å²) in [6.07, 6.45) is 4.91. The van der Waals surface area contributed by atoms with Crippen molar-refractivity contribution in [1.29, 1.82) is 0 Å². The summed E-state index contributed by atoms with van der Waals surface area (Å²) in [6.45, 7) is 2.76. The largest absolute Gasteiger partial charge is 0.368 e. The summed E-state index contributed by atoms with van der Waals surface area (Å²) in [5.41, 5.74) is 7.60. The number of nitrogens with one attached hydrogen (secondary N) is 3. The molecule has 0 aliphatic heterocycles. The Balaban J connectivity index is 1.92. The van der Waals surface area contributed by atoms with Crippen LogP contribution in [-0.4, -0.2) is 36.4 Å². The van der Waals surface area contributed by atoms with Crippen molar-refractivity contribution in [1.82, 2.24) is 15.6 Å². The first-order valence-electron chi connectivity index (χ1n) is 8.82. The van der Waals surface area contributed by atoms with Gasteiger partial charge in [0.2, 0.25) is 11.8 Å². The van der Waals surface area contributed by atoms with E-state index in [-0.39, 0.29) is 11.8 Å². The second-order valence-electron chi connectivity index (χ2n) is 6.53. The first-order valence-corrected chi connectivity index (χ1v) is 8.82. The minimum absolute atomic E-state index is 0.136. The van der Waals surface area contributed by atoms with Crippen LogP contribution in [-0.2, 0) is 16.0 Å². The third-order valence-electron chi connectivity index (χ3n) is 4.48. The summed E-state index contributed by atoms with van der Waals surface area (Å²) < 4.78 is 0. The summed E-state index contributed by atoms with van der Waals surface area (Å²) in [5, 5.41) is 7.00. The SMILES string of the molecule is CNCCCC[C@H](NC(=O)[C@@H](C)Cc1c[nH]c2ccccc12)C(N)=O. The highest BCUT2D eigenvalue weighted by molar-refractivity contribution is 5.88. The molecule has 5 N–H and O–H groups in total. The Bertz CT molecular complexity index is 710. The average molecular weight is 344 g/mol. The summed E-state index contributed by atoms with van der Waals surface area (Å²) >= 11 is 0. The summed E-state index contributed by atoms with van der Waals surface area (Å²) in [7, 11) is 1.89. The van der Waals surface area contributed by atoms with Crippen molar-refractivity contribution in [3.8, 4) is 0 Å². The highest BCUT2D eigenvalue weighted by atomic mass is 16.2. The molecular formula is C19H28N4O2. The fourth-order valence-corrected chi connectivity index (χ4v) is 2.97. The van der Waals surface area contributed by atoms with E-state index >= 15 is 0 Å². The second-order valence-corrected chi connectivity index (χ2v) is 6.53. The first kappa shape index (κ1) is 19.0. The minimum atomic E-state index is -0.602. The third kappa shape index (κ3) is 5.32. The fraction of sp³-hybridized carbons (Fsp3) is 0.474. The van der Waals surface area contributed by atoms with Crippen LogP contribution < -0.4 is 16.4 Å². The van der Waals surface area contributed by atoms with E-state index in [2.05, 4.69) is 15.6 Å². The van der Waals surface area contributed by atoms with Crippen LogP contribution in [0.4, 0.5) is 0 Å². The lowest BCUT2D eigenvalue weighted by atomic mass is 9.99. The smallest absolute Gasteiger partial charge is 0.239 e. The number of hydrogen-bond acceptors (Lipinski definition) is 3. The number of carbonyl (C=O) groups is 2. The lowest BCUT2D eigenvalue weighted by Gasteiger charge is -2.18. The van der Waals surface area contributed by atoms with Gasteiger partial charge in [-0.2, -0.15) is 0 Å². The second kappa shape index (κ2) is 9.22. The van der Waals surface area contributed by atoms with E-state index in [0.29, 0.717) is 12.8 Å². The molecule has 6 heteroatoms. The molecule has 0 fully saturated rings. The van der Waals surface area contributed by atoms with Gasteiger partial charge in [-0.1, -0.05) is 25.1 Å². The number of amides is 2. The Kier molecular flexibility index (Phi) is 7.01. The molecule has 6 nitrogen and oxygen atoms in total. The quantitative estimate of drug-likeness (QED) is 0.494. The number of para-hydroxylation sites is 1. The Hall–Kier alpha value is -2.34. The zero-order valence-corrected chi connectivity index (χ0v) is 15.0. The Labute approximate surface area is 148 Å². The van der Waals surface area contributed by atoms with Crippen molar-refractivity contribution >= 4 is 22.7 Å². The van der Waals surface area contributed by atoms with Gasteiger partial charge in [0, 0.05) is 23.0 Å². The number of nitrogens with two attached hydrogens (primary N) is 1. The van der Waals surface area contributed by atoms with E-state index in [9.17, 15) is 9.59 Å². The number of rotatable bonds is 10. The van der Waals surface area contributed by atoms with Gasteiger partial charge in [-0.3, -0.25) is 9.59 Å². The number of fused-ring (bicyclic) bond motifs is 1. The minimum Gasteiger partial charge on any atom is -0.368 e. The lowest BCUT2D eigenvalue weighted by Crippen LogP contribution is -2.46. The molecule has 0 bridgehead atoms. The molecule has 0 radical (unpaired) electrons. The Morgan fingerprint density at radius 2 is 2.00 bits per heavy atom. The predicted octanol–water partition coefficient (Wildman–Crippen LogP) is 1.71. The molecule has 0 aliphatic carbocycles. The molecule has 0 spiro atoms. The van der Waals surface area contributed by atoms with Crippen molar-refractivity contribution in [2.45, 2.75) is 38.6 Å². The standard InChI is InChI=1S/C19H28N4O2/c1-13(11-14-12-22-16-8-4-3-7-15(14)16)19(25)23-17(18(20)24)9-5-6-10-21-2/h3-4,7-8,12-13,17,21-22H,5-6,9-11H2,1-2H3,(H2,20,24)(H,23,25)/t13-,17-/m0/s1. The molecule has 136 valence electrons. The maximum Gasteiger partial charge on any atom is 0.239 e. The van der Waals surface area contributed by atoms with Crippen molar-refractivity contribution in [2.75, 3.05) is 13.6 Å². The van der Waals surface area contributed by atoms with Crippen LogP contribution in [0.25, 0.3) is 10.9 Å². The maximum atomic E-state index is 12.5. The van der Waals surface area contributed by atoms with Crippen LogP contribution in [0.2, 0.25) is 0 Å². The van der Waals surface area contributed by atoms with Gasteiger partial charge in [0.05, 0.1) is 0 Å². The summed E-state index contributed by atoms with van der Waals surface area (Å²) in [5.74, 6) is -0.849. The number of unbranched alkanes of at least 4 members (excludes halogenated alkanes) is 1. The van der Waals surface area contributed by atoms with E-state index in [0.717, 1.165) is 35.9 Å². The van der Waals surface area contributed by atoms with Crippen molar-refractivity contribution in [3.05, 3.63) is 36.0 Å². The molecule has 1 aromatic carbocycles. The number of carbonyl (C=O) groups excluding carboxylic acids is 2. The number of H-pyrrole nitrogens is 1. The van der Waals surface area contributed by atoms with E-state index < -0.39 is 11.9 Å². The molecule has 0 unspecified atom stereocenters. The van der Waals surface area contributed by atoms with Crippen LogP contribution in [0, 0.1) is 5.92 Å². The van der Waals surface area contributed by atoms with Gasteiger partial charge in [-0.25, -0.2) is 0 Å².